The normalized spacial score (nSPS) is 23.4. The van der Waals surface area contributed by atoms with Crippen molar-refractivity contribution in [2.45, 2.75) is 46.0 Å². The van der Waals surface area contributed by atoms with Crippen LogP contribution in [0, 0.1) is 5.41 Å². The fraction of sp³-hybridized carbons (Fsp3) is 0.857. The molecular weight excluding hydrogens is 276 g/mol. The Bertz CT molecular complexity index is 395. The van der Waals surface area contributed by atoms with Crippen molar-refractivity contribution in [1.82, 2.24) is 10.4 Å². The zero-order valence-corrected chi connectivity index (χ0v) is 13.7. The van der Waals surface area contributed by atoms with Crippen LogP contribution >= 0.6 is 0 Å². The Morgan fingerprint density at radius 1 is 1.33 bits per heavy atom. The number of hydrogen-bond acceptors (Lipinski definition) is 5. The quantitative estimate of drug-likeness (QED) is 0.756. The number of carbonyl (C=O) groups is 2. The summed E-state index contributed by atoms with van der Waals surface area (Å²) in [7, 11) is 2.94. The predicted molar refractivity (Wildman–Crippen MR) is 76.1 cm³/mol. The summed E-state index contributed by atoms with van der Waals surface area (Å²) in [6.45, 7) is 8.05. The molecular formula is C14H26N2O5. The topological polar surface area (TPSA) is 77.1 Å². The number of carbonyl (C=O) groups excluding carboxylic acids is 2. The third-order valence-electron chi connectivity index (χ3n) is 3.40. The van der Waals surface area contributed by atoms with E-state index in [1.54, 1.807) is 13.8 Å². The Labute approximate surface area is 125 Å². The summed E-state index contributed by atoms with van der Waals surface area (Å²) < 4.78 is 11.3. The van der Waals surface area contributed by atoms with Gasteiger partial charge in [-0.2, -0.15) is 0 Å². The van der Waals surface area contributed by atoms with Gasteiger partial charge < -0.3 is 14.8 Å². The van der Waals surface area contributed by atoms with E-state index in [4.69, 9.17) is 14.3 Å². The van der Waals surface area contributed by atoms with E-state index in [1.807, 2.05) is 13.8 Å². The molecule has 0 aromatic rings. The van der Waals surface area contributed by atoms with Crippen LogP contribution in [0.2, 0.25) is 0 Å². The lowest BCUT2D eigenvalue weighted by molar-refractivity contribution is -0.304. The lowest BCUT2D eigenvalue weighted by atomic mass is 9.85. The molecule has 1 unspecified atom stereocenters. The molecule has 0 bridgehead atoms. The van der Waals surface area contributed by atoms with E-state index >= 15 is 0 Å². The second-order valence-electron chi connectivity index (χ2n) is 6.29. The molecule has 1 rings (SSSR count). The van der Waals surface area contributed by atoms with Gasteiger partial charge in [-0.25, -0.2) is 5.06 Å². The van der Waals surface area contributed by atoms with Crippen molar-refractivity contribution in [2.24, 2.45) is 5.41 Å². The molecule has 0 saturated carbocycles. The monoisotopic (exact) mass is 302 g/mol. The van der Waals surface area contributed by atoms with Crippen molar-refractivity contribution < 1.29 is 23.9 Å². The number of rotatable bonds is 5. The van der Waals surface area contributed by atoms with Crippen LogP contribution in [0.3, 0.4) is 0 Å². The number of hydroxylamine groups is 2. The zero-order valence-electron chi connectivity index (χ0n) is 13.7. The van der Waals surface area contributed by atoms with Crippen molar-refractivity contribution in [3.8, 4) is 0 Å². The van der Waals surface area contributed by atoms with Crippen LogP contribution in [0.4, 0.5) is 0 Å². The molecule has 0 aromatic carbocycles. The van der Waals surface area contributed by atoms with E-state index in [1.165, 1.54) is 14.2 Å². The summed E-state index contributed by atoms with van der Waals surface area (Å²) in [5.74, 6) is -1.22. The summed E-state index contributed by atoms with van der Waals surface area (Å²) in [6.07, 6.45) is -0.445. The maximum atomic E-state index is 12.3. The molecule has 1 aliphatic heterocycles. The summed E-state index contributed by atoms with van der Waals surface area (Å²) in [6, 6.07) is 0. The highest BCUT2D eigenvalue weighted by Crippen LogP contribution is 2.34. The molecule has 122 valence electrons. The van der Waals surface area contributed by atoms with Crippen LogP contribution in [0.1, 0.15) is 34.1 Å². The number of nitrogens with zero attached hydrogens (tertiary/aromatic N) is 1. The van der Waals surface area contributed by atoms with Crippen molar-refractivity contribution in [3.05, 3.63) is 0 Å². The van der Waals surface area contributed by atoms with Crippen LogP contribution < -0.4 is 5.32 Å². The van der Waals surface area contributed by atoms with Gasteiger partial charge in [0, 0.05) is 25.4 Å². The highest BCUT2D eigenvalue weighted by atomic mass is 16.7. The van der Waals surface area contributed by atoms with Crippen LogP contribution in [-0.4, -0.2) is 56.1 Å². The molecule has 7 nitrogen and oxygen atoms in total. The van der Waals surface area contributed by atoms with Crippen molar-refractivity contribution in [1.29, 1.82) is 0 Å². The van der Waals surface area contributed by atoms with Gasteiger partial charge in [0.05, 0.1) is 13.7 Å². The maximum absolute atomic E-state index is 12.3. The first-order chi connectivity index (χ1) is 9.59. The second kappa shape index (κ2) is 6.72. The molecule has 1 saturated heterocycles. The van der Waals surface area contributed by atoms with Crippen LogP contribution in [-0.2, 0) is 23.9 Å². The van der Waals surface area contributed by atoms with Gasteiger partial charge in [-0.15, -0.1) is 0 Å². The lowest BCUT2D eigenvalue weighted by Crippen LogP contribution is -2.56. The van der Waals surface area contributed by atoms with Crippen molar-refractivity contribution >= 4 is 11.8 Å². The maximum Gasteiger partial charge on any atom is 0.249 e. The van der Waals surface area contributed by atoms with E-state index in [9.17, 15) is 9.59 Å². The number of nitrogens with one attached hydrogen (secondary N) is 1. The standard InChI is InChI=1S/C14H26N2O5/c1-13(2)9-20-14(3,4)21-11(13)12(18)15-8-7-10(17)16(5)19-6/h11H,7-9H2,1-6H3,(H,15,18). The van der Waals surface area contributed by atoms with Crippen LogP contribution in [0.25, 0.3) is 0 Å². The third-order valence-corrected chi connectivity index (χ3v) is 3.40. The Kier molecular flexibility index (Phi) is 5.72. The fourth-order valence-electron chi connectivity index (χ4n) is 1.97. The van der Waals surface area contributed by atoms with Crippen molar-refractivity contribution in [2.75, 3.05) is 27.3 Å². The Balaban J connectivity index is 2.52. The van der Waals surface area contributed by atoms with Gasteiger partial charge in [0.25, 0.3) is 0 Å². The molecule has 7 heteroatoms. The summed E-state index contributed by atoms with van der Waals surface area (Å²) in [5.41, 5.74) is -0.424. The molecule has 1 aliphatic rings. The van der Waals surface area contributed by atoms with E-state index in [0.717, 1.165) is 5.06 Å². The van der Waals surface area contributed by atoms with Gasteiger partial charge in [0.2, 0.25) is 11.8 Å². The van der Waals surface area contributed by atoms with Crippen molar-refractivity contribution in [3.63, 3.8) is 0 Å². The molecule has 0 aliphatic carbocycles. The van der Waals surface area contributed by atoms with Gasteiger partial charge in [-0.1, -0.05) is 13.8 Å². The van der Waals surface area contributed by atoms with Crippen LogP contribution in [0.5, 0.6) is 0 Å². The smallest absolute Gasteiger partial charge is 0.249 e. The highest BCUT2D eigenvalue weighted by molar-refractivity contribution is 5.82. The first-order valence-corrected chi connectivity index (χ1v) is 6.99. The van der Waals surface area contributed by atoms with Gasteiger partial charge in [-0.05, 0) is 13.8 Å². The minimum Gasteiger partial charge on any atom is -0.353 e. The van der Waals surface area contributed by atoms with Gasteiger partial charge in [0.1, 0.15) is 6.10 Å². The second-order valence-corrected chi connectivity index (χ2v) is 6.29. The SMILES string of the molecule is CON(C)C(=O)CCNC(=O)C1OC(C)(C)OCC1(C)C. The van der Waals surface area contributed by atoms with Gasteiger partial charge in [-0.3, -0.25) is 14.4 Å². The number of ether oxygens (including phenoxy) is 2. The van der Waals surface area contributed by atoms with E-state index in [0.29, 0.717) is 6.61 Å². The molecule has 0 radical (unpaired) electrons. The molecule has 0 spiro atoms. The third kappa shape index (κ3) is 4.94. The van der Waals surface area contributed by atoms with Gasteiger partial charge >= 0.3 is 0 Å². The molecule has 2 amide bonds. The molecule has 1 fully saturated rings. The molecule has 21 heavy (non-hydrogen) atoms. The summed E-state index contributed by atoms with van der Waals surface area (Å²) in [4.78, 5) is 28.6. The first kappa shape index (κ1) is 17.9. The Morgan fingerprint density at radius 3 is 2.52 bits per heavy atom. The zero-order chi connectivity index (χ0) is 16.3. The predicted octanol–water partition coefficient (Wildman–Crippen LogP) is 0.690. The molecule has 0 aromatic heterocycles. The minimum absolute atomic E-state index is 0.170. The number of hydrogen-bond donors (Lipinski definition) is 1. The van der Waals surface area contributed by atoms with Gasteiger partial charge in [0.15, 0.2) is 5.79 Å². The average molecular weight is 302 g/mol. The number of amides is 2. The minimum atomic E-state index is -0.788. The first-order valence-electron chi connectivity index (χ1n) is 6.99. The Hall–Kier alpha value is -1.18. The van der Waals surface area contributed by atoms with Crippen LogP contribution in [0.15, 0.2) is 0 Å². The Morgan fingerprint density at radius 2 is 1.95 bits per heavy atom. The van der Waals surface area contributed by atoms with E-state index in [-0.39, 0.29) is 24.8 Å². The fourth-order valence-corrected chi connectivity index (χ4v) is 1.97. The lowest BCUT2D eigenvalue weighted by Gasteiger charge is -2.44. The summed E-state index contributed by atoms with van der Waals surface area (Å²) >= 11 is 0. The molecule has 1 N–H and O–H groups in total. The molecule has 1 heterocycles. The molecule has 1 atom stereocenters. The largest absolute Gasteiger partial charge is 0.353 e. The average Bonchev–Trinajstić information content (AvgIpc) is 2.40. The highest BCUT2D eigenvalue weighted by Gasteiger charge is 2.45. The summed E-state index contributed by atoms with van der Waals surface area (Å²) in [5, 5.41) is 3.86. The van der Waals surface area contributed by atoms with E-state index < -0.39 is 17.3 Å². The van der Waals surface area contributed by atoms with E-state index in [2.05, 4.69) is 5.32 Å².